The van der Waals surface area contributed by atoms with E-state index in [1.54, 1.807) is 0 Å². The highest BCUT2D eigenvalue weighted by Crippen LogP contribution is 2.53. The van der Waals surface area contributed by atoms with E-state index in [-0.39, 0.29) is 34.4 Å². The summed E-state index contributed by atoms with van der Waals surface area (Å²) in [6, 6.07) is 5.31. The summed E-state index contributed by atoms with van der Waals surface area (Å²) < 4.78 is 45.9. The van der Waals surface area contributed by atoms with Gasteiger partial charge in [-0.2, -0.15) is 18.4 Å². The Labute approximate surface area is 160 Å². The minimum absolute atomic E-state index is 0.0506. The van der Waals surface area contributed by atoms with Crippen molar-refractivity contribution in [3.8, 4) is 6.07 Å². The molecule has 4 atom stereocenters. The number of nitriles is 1. The van der Waals surface area contributed by atoms with Crippen molar-refractivity contribution in [3.63, 3.8) is 0 Å². The van der Waals surface area contributed by atoms with Crippen LogP contribution in [0.5, 0.6) is 0 Å². The molecular weight excluding hydrogens is 381 g/mol. The van der Waals surface area contributed by atoms with Crippen molar-refractivity contribution in [2.45, 2.75) is 44.6 Å². The second kappa shape index (κ2) is 6.59. The molecule has 2 heterocycles. The Morgan fingerprint density at radius 2 is 1.96 bits per heavy atom. The Balaban J connectivity index is 2.37. The van der Waals surface area contributed by atoms with Crippen LogP contribution in [0, 0.1) is 23.2 Å². The van der Waals surface area contributed by atoms with E-state index in [9.17, 15) is 18.4 Å². The minimum Gasteiger partial charge on any atom is -0.458 e. The van der Waals surface area contributed by atoms with Crippen molar-refractivity contribution in [2.24, 2.45) is 17.6 Å². The van der Waals surface area contributed by atoms with Crippen LogP contribution in [-0.4, -0.2) is 12.3 Å². The second-order valence-corrected chi connectivity index (χ2v) is 7.68. The lowest BCUT2D eigenvalue weighted by atomic mass is 9.56. The van der Waals surface area contributed by atoms with Gasteiger partial charge in [-0.25, -0.2) is 5.43 Å². The van der Waals surface area contributed by atoms with Gasteiger partial charge >= 0.3 is 6.18 Å². The van der Waals surface area contributed by atoms with E-state index in [2.05, 4.69) is 16.9 Å². The van der Waals surface area contributed by atoms with Crippen molar-refractivity contribution in [1.29, 1.82) is 5.26 Å². The average Bonchev–Trinajstić information content (AvgIpc) is 2.92. The van der Waals surface area contributed by atoms with E-state index < -0.39 is 23.4 Å². The molecule has 1 aromatic rings. The molecule has 1 fully saturated rings. The molecule has 5 nitrogen and oxygen atoms in total. The summed E-state index contributed by atoms with van der Waals surface area (Å²) in [6.45, 7) is 5.59. The molecule has 27 heavy (non-hydrogen) atoms. The number of rotatable bonds is 2. The number of fused-ring (bicyclic) bond motifs is 1. The standard InChI is InChI=1S/C18H20ClF3N4O/c1-8(2)17(10-4-11(18(20,21)22)6-12(19)5-10)13(7-23)15(24)27-16-14(17)9(3)25-26-16/h4-6,8-9,14,16,25-26H,24H2,1-3H3. The molecule has 2 aliphatic rings. The molecule has 4 unspecified atom stereocenters. The van der Waals surface area contributed by atoms with Gasteiger partial charge in [0.1, 0.15) is 11.6 Å². The van der Waals surface area contributed by atoms with Gasteiger partial charge in [-0.05, 0) is 36.6 Å². The Kier molecular flexibility index (Phi) is 4.83. The van der Waals surface area contributed by atoms with E-state index >= 15 is 0 Å². The van der Waals surface area contributed by atoms with Crippen LogP contribution in [0.25, 0.3) is 0 Å². The molecule has 0 aliphatic carbocycles. The number of hydrogen-bond donors (Lipinski definition) is 3. The number of hydrazine groups is 1. The Morgan fingerprint density at radius 1 is 1.30 bits per heavy atom. The van der Waals surface area contributed by atoms with Crippen LogP contribution in [0.2, 0.25) is 5.02 Å². The first kappa shape index (κ1) is 19.8. The Hall–Kier alpha value is -1.95. The molecule has 0 aromatic heterocycles. The quantitative estimate of drug-likeness (QED) is 0.708. The topological polar surface area (TPSA) is 83.1 Å². The van der Waals surface area contributed by atoms with Crippen molar-refractivity contribution < 1.29 is 17.9 Å². The summed E-state index contributed by atoms with van der Waals surface area (Å²) >= 11 is 6.06. The Morgan fingerprint density at radius 3 is 2.52 bits per heavy atom. The first-order chi connectivity index (χ1) is 12.5. The lowest BCUT2D eigenvalue weighted by molar-refractivity contribution is -0.137. The Bertz CT molecular complexity index is 833. The molecule has 0 radical (unpaired) electrons. The van der Waals surface area contributed by atoms with Gasteiger partial charge < -0.3 is 10.5 Å². The summed E-state index contributed by atoms with van der Waals surface area (Å²) in [7, 11) is 0. The number of halogens is 4. The number of allylic oxidation sites excluding steroid dienone is 1. The number of alkyl halides is 3. The van der Waals surface area contributed by atoms with Crippen LogP contribution < -0.4 is 16.6 Å². The number of hydrogen-bond acceptors (Lipinski definition) is 5. The molecule has 0 spiro atoms. The second-order valence-electron chi connectivity index (χ2n) is 7.24. The lowest BCUT2D eigenvalue weighted by Crippen LogP contribution is -2.54. The molecule has 3 rings (SSSR count). The fraction of sp³-hybridized carbons (Fsp3) is 0.500. The smallest absolute Gasteiger partial charge is 0.416 e. The van der Waals surface area contributed by atoms with E-state index in [0.717, 1.165) is 12.1 Å². The van der Waals surface area contributed by atoms with E-state index in [0.29, 0.717) is 5.56 Å². The normalized spacial score (nSPS) is 30.9. The fourth-order valence-corrected chi connectivity index (χ4v) is 4.68. The van der Waals surface area contributed by atoms with Crippen LogP contribution in [0.4, 0.5) is 13.2 Å². The number of ether oxygens (including phenoxy) is 1. The highest BCUT2D eigenvalue weighted by molar-refractivity contribution is 6.30. The number of nitrogens with one attached hydrogen (secondary N) is 2. The molecule has 0 amide bonds. The van der Waals surface area contributed by atoms with Gasteiger partial charge in [0, 0.05) is 22.4 Å². The zero-order valence-electron chi connectivity index (χ0n) is 15.0. The third-order valence-corrected chi connectivity index (χ3v) is 5.70. The molecule has 9 heteroatoms. The third kappa shape index (κ3) is 2.94. The maximum absolute atomic E-state index is 13.4. The third-order valence-electron chi connectivity index (χ3n) is 5.48. The number of benzene rings is 1. The van der Waals surface area contributed by atoms with Crippen LogP contribution in [0.15, 0.2) is 29.7 Å². The largest absolute Gasteiger partial charge is 0.458 e. The summed E-state index contributed by atoms with van der Waals surface area (Å²) in [6.07, 6.45) is -5.16. The molecule has 1 saturated heterocycles. The van der Waals surface area contributed by atoms with Crippen LogP contribution in [-0.2, 0) is 16.3 Å². The maximum atomic E-state index is 13.4. The predicted octanol–water partition coefficient (Wildman–Crippen LogP) is 3.42. The van der Waals surface area contributed by atoms with Gasteiger partial charge in [-0.1, -0.05) is 25.4 Å². The first-order valence-electron chi connectivity index (χ1n) is 8.49. The van der Waals surface area contributed by atoms with Gasteiger partial charge in [0.05, 0.1) is 5.56 Å². The molecule has 146 valence electrons. The van der Waals surface area contributed by atoms with Crippen molar-refractivity contribution in [3.05, 3.63) is 45.8 Å². The van der Waals surface area contributed by atoms with E-state index in [1.807, 2.05) is 20.8 Å². The van der Waals surface area contributed by atoms with Crippen LogP contribution in [0.3, 0.4) is 0 Å². The zero-order chi connectivity index (χ0) is 20.1. The van der Waals surface area contributed by atoms with Gasteiger partial charge in [0.25, 0.3) is 0 Å². The molecule has 1 aromatic carbocycles. The molecule has 2 aliphatic heterocycles. The van der Waals surface area contributed by atoms with Crippen molar-refractivity contribution >= 4 is 11.6 Å². The van der Waals surface area contributed by atoms with Crippen LogP contribution >= 0.6 is 11.6 Å². The fourth-order valence-electron chi connectivity index (χ4n) is 4.44. The molecular formula is C18H20ClF3N4O. The minimum atomic E-state index is -4.57. The van der Waals surface area contributed by atoms with E-state index in [4.69, 9.17) is 22.1 Å². The summed E-state index contributed by atoms with van der Waals surface area (Å²) in [5.74, 6) is -0.728. The van der Waals surface area contributed by atoms with Gasteiger partial charge in [-0.15, -0.1) is 0 Å². The highest BCUT2D eigenvalue weighted by atomic mass is 35.5. The summed E-state index contributed by atoms with van der Waals surface area (Å²) in [5, 5.41) is 9.80. The maximum Gasteiger partial charge on any atom is 0.416 e. The van der Waals surface area contributed by atoms with Gasteiger partial charge in [0.15, 0.2) is 6.23 Å². The SMILES string of the molecule is CC1NNC2OC(N)=C(C#N)C(c3cc(Cl)cc(C(F)(F)F)c3)(C(C)C)C12. The van der Waals surface area contributed by atoms with Crippen LogP contribution in [0.1, 0.15) is 31.9 Å². The van der Waals surface area contributed by atoms with Crippen molar-refractivity contribution in [1.82, 2.24) is 10.9 Å². The van der Waals surface area contributed by atoms with E-state index in [1.165, 1.54) is 6.07 Å². The first-order valence-corrected chi connectivity index (χ1v) is 8.87. The predicted molar refractivity (Wildman–Crippen MR) is 93.9 cm³/mol. The lowest BCUT2D eigenvalue weighted by Gasteiger charge is -2.48. The average molecular weight is 401 g/mol. The van der Waals surface area contributed by atoms with Crippen molar-refractivity contribution in [2.75, 3.05) is 0 Å². The number of nitrogens with zero attached hydrogens (tertiary/aromatic N) is 1. The molecule has 0 saturated carbocycles. The molecule has 0 bridgehead atoms. The monoisotopic (exact) mass is 400 g/mol. The number of nitrogens with two attached hydrogens (primary N) is 1. The zero-order valence-corrected chi connectivity index (χ0v) is 15.7. The highest BCUT2D eigenvalue weighted by Gasteiger charge is 2.59. The van der Waals surface area contributed by atoms with Gasteiger partial charge in [0.2, 0.25) is 5.88 Å². The summed E-state index contributed by atoms with van der Waals surface area (Å²) in [5.41, 5.74) is 10.5. The molecule has 4 N–H and O–H groups in total. The summed E-state index contributed by atoms with van der Waals surface area (Å²) in [4.78, 5) is 0. The van der Waals surface area contributed by atoms with Gasteiger partial charge in [-0.3, -0.25) is 5.43 Å².